The van der Waals surface area contributed by atoms with E-state index in [4.69, 9.17) is 4.74 Å². The van der Waals surface area contributed by atoms with Crippen LogP contribution in [0.2, 0.25) is 0 Å². The summed E-state index contributed by atoms with van der Waals surface area (Å²) < 4.78 is 5.33. The Bertz CT molecular complexity index is 357. The van der Waals surface area contributed by atoms with Crippen LogP contribution in [0.5, 0.6) is 0 Å². The van der Waals surface area contributed by atoms with E-state index in [1.165, 1.54) is 5.56 Å². The number of aromatic amines is 1. The maximum Gasteiger partial charge on any atom is 0.0669 e. The third-order valence-electron chi connectivity index (χ3n) is 3.29. The lowest BCUT2D eigenvalue weighted by Crippen LogP contribution is -2.53. The van der Waals surface area contributed by atoms with Crippen molar-refractivity contribution in [2.45, 2.75) is 19.3 Å². The van der Waals surface area contributed by atoms with Crippen molar-refractivity contribution in [3.8, 4) is 6.07 Å². The summed E-state index contributed by atoms with van der Waals surface area (Å²) in [5.41, 5.74) is 1.12. The lowest BCUT2D eigenvalue weighted by Gasteiger charge is -2.45. The molecule has 1 unspecified atom stereocenters. The number of hydrogen-bond acceptors (Lipinski definition) is 2. The van der Waals surface area contributed by atoms with E-state index >= 15 is 0 Å². The van der Waals surface area contributed by atoms with Crippen LogP contribution in [0.15, 0.2) is 18.5 Å². The Balaban J connectivity index is 2.34. The van der Waals surface area contributed by atoms with Gasteiger partial charge in [-0.2, -0.15) is 5.26 Å². The SMILES string of the molecule is CC(C)C(C#N)C1(c2cc[nH]c2)COC1. The van der Waals surface area contributed by atoms with E-state index in [2.05, 4.69) is 31.0 Å². The van der Waals surface area contributed by atoms with Gasteiger partial charge in [0.25, 0.3) is 0 Å². The number of rotatable bonds is 3. The molecule has 1 aliphatic rings. The molecule has 1 aromatic rings. The van der Waals surface area contributed by atoms with Gasteiger partial charge in [-0.25, -0.2) is 0 Å². The summed E-state index contributed by atoms with van der Waals surface area (Å²) in [5, 5.41) is 9.28. The maximum absolute atomic E-state index is 9.28. The topological polar surface area (TPSA) is 48.8 Å². The van der Waals surface area contributed by atoms with Crippen molar-refractivity contribution in [3.63, 3.8) is 0 Å². The molecule has 3 heteroatoms. The molecule has 1 N–H and O–H groups in total. The molecule has 1 aromatic heterocycles. The summed E-state index contributed by atoms with van der Waals surface area (Å²) in [4.78, 5) is 3.06. The average Bonchev–Trinajstić information content (AvgIpc) is 2.62. The predicted molar refractivity (Wildman–Crippen MR) is 57.2 cm³/mol. The second-order valence-corrected chi connectivity index (χ2v) is 4.60. The third-order valence-corrected chi connectivity index (χ3v) is 3.29. The summed E-state index contributed by atoms with van der Waals surface area (Å²) >= 11 is 0. The lowest BCUT2D eigenvalue weighted by molar-refractivity contribution is -0.0876. The molecule has 0 aliphatic carbocycles. The largest absolute Gasteiger partial charge is 0.379 e. The minimum atomic E-state index is -0.0804. The van der Waals surface area contributed by atoms with Gasteiger partial charge in [-0.05, 0) is 17.5 Å². The molecule has 15 heavy (non-hydrogen) atoms. The monoisotopic (exact) mass is 204 g/mol. The molecule has 1 atom stereocenters. The Morgan fingerprint density at radius 3 is 2.60 bits per heavy atom. The highest BCUT2D eigenvalue weighted by molar-refractivity contribution is 5.29. The summed E-state index contributed by atoms with van der Waals surface area (Å²) in [6.45, 7) is 5.53. The quantitative estimate of drug-likeness (QED) is 0.819. The van der Waals surface area contributed by atoms with Crippen LogP contribution >= 0.6 is 0 Å². The van der Waals surface area contributed by atoms with Gasteiger partial charge in [-0.3, -0.25) is 0 Å². The zero-order valence-electron chi connectivity index (χ0n) is 9.16. The first-order valence-corrected chi connectivity index (χ1v) is 5.31. The Hall–Kier alpha value is -1.27. The number of nitrogens with one attached hydrogen (secondary N) is 1. The second-order valence-electron chi connectivity index (χ2n) is 4.60. The molecule has 1 saturated heterocycles. The summed E-state index contributed by atoms with van der Waals surface area (Å²) in [5.74, 6) is 0.385. The van der Waals surface area contributed by atoms with Crippen molar-refractivity contribution in [1.82, 2.24) is 4.98 Å². The van der Waals surface area contributed by atoms with Crippen LogP contribution in [0.25, 0.3) is 0 Å². The number of ether oxygens (including phenoxy) is 1. The zero-order chi connectivity index (χ0) is 10.9. The van der Waals surface area contributed by atoms with Gasteiger partial charge in [0.15, 0.2) is 0 Å². The molecule has 0 spiro atoms. The predicted octanol–water partition coefficient (Wildman–Crippen LogP) is 2.08. The molecule has 0 bridgehead atoms. The van der Waals surface area contributed by atoms with E-state index in [1.807, 2.05) is 12.4 Å². The van der Waals surface area contributed by atoms with Crippen LogP contribution in [0.3, 0.4) is 0 Å². The molecule has 80 valence electrons. The van der Waals surface area contributed by atoms with E-state index in [0.717, 1.165) is 0 Å². The molecule has 3 nitrogen and oxygen atoms in total. The van der Waals surface area contributed by atoms with E-state index in [1.54, 1.807) is 0 Å². The molecular formula is C12H16N2O. The van der Waals surface area contributed by atoms with Gasteiger partial charge in [-0.15, -0.1) is 0 Å². The van der Waals surface area contributed by atoms with Crippen molar-refractivity contribution in [1.29, 1.82) is 5.26 Å². The van der Waals surface area contributed by atoms with E-state index < -0.39 is 0 Å². The first-order valence-electron chi connectivity index (χ1n) is 5.31. The molecular weight excluding hydrogens is 188 g/mol. The number of nitriles is 1. The fourth-order valence-electron chi connectivity index (χ4n) is 2.39. The fraction of sp³-hybridized carbons (Fsp3) is 0.583. The minimum absolute atomic E-state index is 0.0297. The highest BCUT2D eigenvalue weighted by atomic mass is 16.5. The molecule has 1 fully saturated rings. The Morgan fingerprint density at radius 2 is 2.27 bits per heavy atom. The van der Waals surface area contributed by atoms with Crippen molar-refractivity contribution >= 4 is 0 Å². The summed E-state index contributed by atoms with van der Waals surface area (Å²) in [6, 6.07) is 4.49. The van der Waals surface area contributed by atoms with E-state index in [9.17, 15) is 5.26 Å². The van der Waals surface area contributed by atoms with Crippen LogP contribution in [0.4, 0.5) is 0 Å². The molecule has 1 aliphatic heterocycles. The van der Waals surface area contributed by atoms with Crippen molar-refractivity contribution in [2.24, 2.45) is 11.8 Å². The Morgan fingerprint density at radius 1 is 1.53 bits per heavy atom. The molecule has 0 aromatic carbocycles. The van der Waals surface area contributed by atoms with Crippen LogP contribution in [0, 0.1) is 23.2 Å². The first kappa shape index (κ1) is 10.3. The maximum atomic E-state index is 9.28. The van der Waals surface area contributed by atoms with Gasteiger partial charge in [0.2, 0.25) is 0 Å². The molecule has 0 saturated carbocycles. The van der Waals surface area contributed by atoms with Gasteiger partial charge in [-0.1, -0.05) is 13.8 Å². The van der Waals surface area contributed by atoms with Gasteiger partial charge in [0.05, 0.1) is 30.6 Å². The highest BCUT2D eigenvalue weighted by Gasteiger charge is 2.48. The van der Waals surface area contributed by atoms with E-state index in [-0.39, 0.29) is 11.3 Å². The van der Waals surface area contributed by atoms with Crippen molar-refractivity contribution in [2.75, 3.05) is 13.2 Å². The van der Waals surface area contributed by atoms with Crippen LogP contribution in [-0.4, -0.2) is 18.2 Å². The van der Waals surface area contributed by atoms with Gasteiger partial charge < -0.3 is 9.72 Å². The second kappa shape index (κ2) is 3.71. The molecule has 2 rings (SSSR count). The van der Waals surface area contributed by atoms with Crippen molar-refractivity contribution < 1.29 is 4.74 Å². The number of nitrogens with zero attached hydrogens (tertiary/aromatic N) is 1. The lowest BCUT2D eigenvalue weighted by atomic mass is 9.66. The van der Waals surface area contributed by atoms with Crippen LogP contribution in [0.1, 0.15) is 19.4 Å². The average molecular weight is 204 g/mol. The molecule has 0 radical (unpaired) electrons. The standard InChI is InChI=1S/C12H16N2O/c1-9(2)11(5-13)12(7-15-8-12)10-3-4-14-6-10/h3-4,6,9,11,14H,7-8H2,1-2H3. The van der Waals surface area contributed by atoms with Gasteiger partial charge >= 0.3 is 0 Å². The smallest absolute Gasteiger partial charge is 0.0669 e. The summed E-state index contributed by atoms with van der Waals surface area (Å²) in [7, 11) is 0. The Labute approximate surface area is 90.1 Å². The normalized spacial score (nSPS) is 20.7. The number of aromatic nitrogens is 1. The Kier molecular flexibility index (Phi) is 2.54. The van der Waals surface area contributed by atoms with E-state index in [0.29, 0.717) is 19.1 Å². The molecule has 0 amide bonds. The van der Waals surface area contributed by atoms with Gasteiger partial charge in [0.1, 0.15) is 0 Å². The minimum Gasteiger partial charge on any atom is -0.379 e. The van der Waals surface area contributed by atoms with Crippen LogP contribution in [-0.2, 0) is 10.2 Å². The highest BCUT2D eigenvalue weighted by Crippen LogP contribution is 2.42. The number of hydrogen-bond donors (Lipinski definition) is 1. The first-order chi connectivity index (χ1) is 7.20. The zero-order valence-corrected chi connectivity index (χ0v) is 9.16. The van der Waals surface area contributed by atoms with Crippen LogP contribution < -0.4 is 0 Å². The third kappa shape index (κ3) is 1.46. The van der Waals surface area contributed by atoms with Gasteiger partial charge in [0, 0.05) is 12.4 Å². The fourth-order valence-corrected chi connectivity index (χ4v) is 2.39. The van der Waals surface area contributed by atoms with Crippen molar-refractivity contribution in [3.05, 3.63) is 24.0 Å². The number of H-pyrrole nitrogens is 1. The molecule has 2 heterocycles. The summed E-state index contributed by atoms with van der Waals surface area (Å²) in [6.07, 6.45) is 3.89.